The van der Waals surface area contributed by atoms with Gasteiger partial charge in [-0.25, -0.2) is 0 Å². The van der Waals surface area contributed by atoms with E-state index in [1.54, 1.807) is 0 Å². The zero-order valence-corrected chi connectivity index (χ0v) is 8.82. The molecule has 1 rings (SSSR count). The molecule has 1 aliphatic heterocycles. The topological polar surface area (TPSA) is 30.3 Å². The van der Waals surface area contributed by atoms with E-state index in [2.05, 4.69) is 36.8 Å². The summed E-state index contributed by atoms with van der Waals surface area (Å²) in [5.74, 6) is 0.673. The van der Waals surface area contributed by atoms with Gasteiger partial charge in [0.05, 0.1) is 12.6 Å². The summed E-state index contributed by atoms with van der Waals surface area (Å²) in [6.45, 7) is 8.24. The van der Waals surface area contributed by atoms with Gasteiger partial charge in [-0.1, -0.05) is 13.8 Å². The molecule has 0 aliphatic carbocycles. The Hall–Kier alpha value is -0.590. The molecule has 0 saturated carbocycles. The second-order valence-electron chi connectivity index (χ2n) is 4.19. The molecule has 0 bridgehead atoms. The molecule has 1 atom stereocenters. The molecule has 0 spiro atoms. The molecule has 0 amide bonds. The van der Waals surface area contributed by atoms with E-state index in [4.69, 9.17) is 5.26 Å². The number of likely N-dealkylation sites (N-methyl/N-ethyl adjacent to an activating group) is 1. The Labute approximate surface area is 80.9 Å². The molecule has 74 valence electrons. The number of hydrogen-bond acceptors (Lipinski definition) is 3. The maximum absolute atomic E-state index is 8.60. The van der Waals surface area contributed by atoms with Crippen LogP contribution in [0.3, 0.4) is 0 Å². The van der Waals surface area contributed by atoms with E-state index >= 15 is 0 Å². The van der Waals surface area contributed by atoms with Crippen LogP contribution < -0.4 is 0 Å². The molecular formula is C10H19N3. The zero-order valence-electron chi connectivity index (χ0n) is 8.82. The highest BCUT2D eigenvalue weighted by atomic mass is 15.3. The highest BCUT2D eigenvalue weighted by Gasteiger charge is 2.25. The molecule has 1 heterocycles. The minimum absolute atomic E-state index is 0.580. The van der Waals surface area contributed by atoms with Gasteiger partial charge in [-0.15, -0.1) is 0 Å². The molecule has 0 aromatic heterocycles. The van der Waals surface area contributed by atoms with E-state index in [0.717, 1.165) is 19.6 Å². The molecule has 1 saturated heterocycles. The summed E-state index contributed by atoms with van der Waals surface area (Å²) in [7, 11) is 2.17. The third kappa shape index (κ3) is 2.68. The van der Waals surface area contributed by atoms with E-state index in [9.17, 15) is 0 Å². The number of hydrogen-bond donors (Lipinski definition) is 0. The number of nitrogens with zero attached hydrogens (tertiary/aromatic N) is 3. The molecule has 0 aromatic carbocycles. The molecule has 1 fully saturated rings. The first-order valence-electron chi connectivity index (χ1n) is 4.94. The molecule has 1 aliphatic rings. The van der Waals surface area contributed by atoms with Gasteiger partial charge in [0.15, 0.2) is 0 Å². The maximum Gasteiger partial charge on any atom is 0.0866 e. The fourth-order valence-corrected chi connectivity index (χ4v) is 1.92. The first-order valence-corrected chi connectivity index (χ1v) is 4.94. The van der Waals surface area contributed by atoms with E-state index in [-0.39, 0.29) is 0 Å². The van der Waals surface area contributed by atoms with Crippen molar-refractivity contribution in [1.29, 1.82) is 5.26 Å². The van der Waals surface area contributed by atoms with Crippen molar-refractivity contribution in [3.05, 3.63) is 0 Å². The lowest BCUT2D eigenvalue weighted by atomic mass is 10.0. The summed E-state index contributed by atoms with van der Waals surface area (Å²) in [5.41, 5.74) is 0. The van der Waals surface area contributed by atoms with Crippen LogP contribution in [0, 0.1) is 17.2 Å². The predicted octanol–water partition coefficient (Wildman–Crippen LogP) is 0.782. The normalized spacial score (nSPS) is 26.2. The minimum atomic E-state index is 0.580. The quantitative estimate of drug-likeness (QED) is 0.590. The second kappa shape index (κ2) is 4.59. The van der Waals surface area contributed by atoms with Gasteiger partial charge in [0.25, 0.3) is 0 Å². The van der Waals surface area contributed by atoms with Gasteiger partial charge in [0.2, 0.25) is 0 Å². The lowest BCUT2D eigenvalue weighted by Crippen LogP contribution is -2.53. The van der Waals surface area contributed by atoms with E-state index < -0.39 is 0 Å². The van der Waals surface area contributed by atoms with Crippen LogP contribution in [-0.4, -0.2) is 49.1 Å². The van der Waals surface area contributed by atoms with E-state index in [1.165, 1.54) is 0 Å². The molecule has 0 aromatic rings. The lowest BCUT2D eigenvalue weighted by Gasteiger charge is -2.40. The Kier molecular flexibility index (Phi) is 3.71. The van der Waals surface area contributed by atoms with Crippen LogP contribution in [0.2, 0.25) is 0 Å². The smallest absolute Gasteiger partial charge is 0.0866 e. The van der Waals surface area contributed by atoms with Crippen LogP contribution in [0.15, 0.2) is 0 Å². The summed E-state index contributed by atoms with van der Waals surface area (Å²) in [4.78, 5) is 4.64. The molecule has 0 radical (unpaired) electrons. The fourth-order valence-electron chi connectivity index (χ4n) is 1.92. The van der Waals surface area contributed by atoms with Crippen molar-refractivity contribution in [2.75, 3.05) is 33.2 Å². The Morgan fingerprint density at radius 3 is 2.69 bits per heavy atom. The fraction of sp³-hybridized carbons (Fsp3) is 0.900. The molecular weight excluding hydrogens is 162 g/mol. The molecule has 1 unspecified atom stereocenters. The van der Waals surface area contributed by atoms with Crippen molar-refractivity contribution in [3.8, 4) is 6.07 Å². The molecule has 13 heavy (non-hydrogen) atoms. The second-order valence-corrected chi connectivity index (χ2v) is 4.19. The van der Waals surface area contributed by atoms with Crippen molar-refractivity contribution in [1.82, 2.24) is 9.80 Å². The average molecular weight is 181 g/mol. The van der Waals surface area contributed by atoms with Crippen LogP contribution in [0.1, 0.15) is 13.8 Å². The number of rotatable bonds is 2. The Morgan fingerprint density at radius 1 is 1.46 bits per heavy atom. The molecule has 0 N–H and O–H groups in total. The SMILES string of the molecule is CC(C)C1CN(CC#N)CCN1C. The third-order valence-corrected chi connectivity index (χ3v) is 2.84. The number of nitriles is 1. The summed E-state index contributed by atoms with van der Waals surface area (Å²) >= 11 is 0. The van der Waals surface area contributed by atoms with Gasteiger partial charge < -0.3 is 4.90 Å². The van der Waals surface area contributed by atoms with Gasteiger partial charge in [-0.3, -0.25) is 4.90 Å². The van der Waals surface area contributed by atoms with Crippen molar-refractivity contribution in [2.24, 2.45) is 5.92 Å². The lowest BCUT2D eigenvalue weighted by molar-refractivity contribution is 0.0780. The van der Waals surface area contributed by atoms with Gasteiger partial charge in [0.1, 0.15) is 0 Å². The van der Waals surface area contributed by atoms with Gasteiger partial charge in [0, 0.05) is 25.7 Å². The monoisotopic (exact) mass is 181 g/mol. The summed E-state index contributed by atoms with van der Waals surface area (Å²) in [5, 5.41) is 8.60. The van der Waals surface area contributed by atoms with Crippen LogP contribution in [0.5, 0.6) is 0 Å². The maximum atomic E-state index is 8.60. The average Bonchev–Trinajstić information content (AvgIpc) is 2.08. The summed E-state index contributed by atoms with van der Waals surface area (Å²) in [6.07, 6.45) is 0. The zero-order chi connectivity index (χ0) is 9.84. The van der Waals surface area contributed by atoms with Gasteiger partial charge in [-0.2, -0.15) is 5.26 Å². The van der Waals surface area contributed by atoms with Crippen molar-refractivity contribution in [3.63, 3.8) is 0 Å². The minimum Gasteiger partial charge on any atom is -0.301 e. The summed E-state index contributed by atoms with van der Waals surface area (Å²) in [6, 6.07) is 2.83. The highest BCUT2D eigenvalue weighted by molar-refractivity contribution is 4.86. The summed E-state index contributed by atoms with van der Waals surface area (Å²) < 4.78 is 0. The van der Waals surface area contributed by atoms with Gasteiger partial charge in [-0.05, 0) is 13.0 Å². The Bertz CT molecular complexity index is 195. The van der Waals surface area contributed by atoms with Crippen LogP contribution in [0.4, 0.5) is 0 Å². The van der Waals surface area contributed by atoms with Crippen LogP contribution >= 0.6 is 0 Å². The first kappa shape index (κ1) is 10.5. The Morgan fingerprint density at radius 2 is 2.15 bits per heavy atom. The highest BCUT2D eigenvalue weighted by Crippen LogP contribution is 2.14. The predicted molar refractivity (Wildman–Crippen MR) is 53.3 cm³/mol. The van der Waals surface area contributed by atoms with Crippen molar-refractivity contribution < 1.29 is 0 Å². The van der Waals surface area contributed by atoms with E-state index in [0.29, 0.717) is 18.5 Å². The van der Waals surface area contributed by atoms with Gasteiger partial charge >= 0.3 is 0 Å². The standard InChI is InChI=1S/C10H19N3/c1-9(2)10-8-13(5-4-11)7-6-12(10)3/h9-10H,5-8H2,1-3H3. The number of piperazine rings is 1. The van der Waals surface area contributed by atoms with Crippen molar-refractivity contribution >= 4 is 0 Å². The molecule has 3 heteroatoms. The third-order valence-electron chi connectivity index (χ3n) is 2.84. The largest absolute Gasteiger partial charge is 0.301 e. The Balaban J connectivity index is 2.49. The first-order chi connectivity index (χ1) is 6.15. The molecule has 3 nitrogen and oxygen atoms in total. The van der Waals surface area contributed by atoms with Crippen LogP contribution in [-0.2, 0) is 0 Å². The van der Waals surface area contributed by atoms with Crippen LogP contribution in [0.25, 0.3) is 0 Å². The van der Waals surface area contributed by atoms with Crippen molar-refractivity contribution in [2.45, 2.75) is 19.9 Å². The van der Waals surface area contributed by atoms with E-state index in [1.807, 2.05) is 0 Å².